The molecule has 0 fully saturated rings. The van der Waals surface area contributed by atoms with E-state index in [0.29, 0.717) is 13.5 Å². The van der Waals surface area contributed by atoms with Gasteiger partial charge in [0.15, 0.2) is 11.6 Å². The van der Waals surface area contributed by atoms with Crippen LogP contribution in [0.1, 0.15) is 25.0 Å². The minimum absolute atomic E-state index is 0.0230. The fourth-order valence-corrected chi connectivity index (χ4v) is 4.00. The minimum Gasteiger partial charge on any atom is -0.349 e. The number of anilines is 2. The van der Waals surface area contributed by atoms with Crippen LogP contribution in [0.4, 0.5) is 11.4 Å². The molecule has 0 saturated heterocycles. The van der Waals surface area contributed by atoms with E-state index in [0.717, 1.165) is 45.4 Å². The average Bonchev–Trinajstić information content (AvgIpc) is 3.00. The lowest BCUT2D eigenvalue weighted by Gasteiger charge is -2.23. The summed E-state index contributed by atoms with van der Waals surface area (Å²) in [6.45, 7) is 13.0. The molecule has 0 aliphatic heterocycles. The Morgan fingerprint density at radius 1 is 0.675 bits per heavy atom. The van der Waals surface area contributed by atoms with Crippen LogP contribution in [-0.4, -0.2) is 64.9 Å². The number of ether oxygens (including phenoxy) is 4. The second-order valence-electron chi connectivity index (χ2n) is 8.44. The molecule has 2 aromatic carbocycles. The molecule has 2 aromatic rings. The van der Waals surface area contributed by atoms with Crippen molar-refractivity contribution >= 4 is 58.0 Å². The SMILES string of the molecule is C=CC(=O)COCOCN(CC)c1ccc(C(S)=C(S)c2ccc(N(CC)COCOCC(=O)C=C)cc2)cc1. The summed E-state index contributed by atoms with van der Waals surface area (Å²) in [6.07, 6.45) is 2.45. The molecule has 0 bridgehead atoms. The van der Waals surface area contributed by atoms with Crippen molar-refractivity contribution in [2.75, 3.05) is 63.2 Å². The lowest BCUT2D eigenvalue weighted by molar-refractivity contribution is -0.125. The first-order valence-electron chi connectivity index (χ1n) is 12.8. The first-order chi connectivity index (χ1) is 19.3. The monoisotopic (exact) mass is 586 g/mol. The second-order valence-corrected chi connectivity index (χ2v) is 9.34. The van der Waals surface area contributed by atoms with E-state index >= 15 is 0 Å². The van der Waals surface area contributed by atoms with Crippen molar-refractivity contribution in [1.29, 1.82) is 0 Å². The van der Waals surface area contributed by atoms with Gasteiger partial charge in [-0.05, 0) is 61.4 Å². The number of rotatable bonds is 20. The van der Waals surface area contributed by atoms with Crippen LogP contribution < -0.4 is 9.80 Å². The van der Waals surface area contributed by atoms with E-state index in [-0.39, 0.29) is 38.4 Å². The van der Waals surface area contributed by atoms with Crippen LogP contribution in [-0.2, 0) is 28.5 Å². The smallest absolute Gasteiger partial charge is 0.180 e. The zero-order chi connectivity index (χ0) is 29.3. The molecular weight excluding hydrogens is 548 g/mol. The number of hydrogen-bond donors (Lipinski definition) is 2. The van der Waals surface area contributed by atoms with Crippen molar-refractivity contribution in [3.8, 4) is 0 Å². The molecule has 0 aromatic heterocycles. The van der Waals surface area contributed by atoms with E-state index in [1.54, 1.807) is 0 Å². The zero-order valence-corrected chi connectivity index (χ0v) is 24.9. The van der Waals surface area contributed by atoms with Crippen LogP contribution in [0.5, 0.6) is 0 Å². The Balaban J connectivity index is 1.96. The van der Waals surface area contributed by atoms with Gasteiger partial charge in [-0.2, -0.15) is 0 Å². The van der Waals surface area contributed by atoms with Gasteiger partial charge in [-0.15, -0.1) is 25.3 Å². The van der Waals surface area contributed by atoms with Crippen molar-refractivity contribution in [3.05, 3.63) is 85.0 Å². The number of ketones is 2. The van der Waals surface area contributed by atoms with Crippen molar-refractivity contribution in [2.24, 2.45) is 0 Å². The molecule has 0 atom stereocenters. The molecule has 0 unspecified atom stereocenters. The van der Waals surface area contributed by atoms with Crippen LogP contribution in [0.3, 0.4) is 0 Å². The molecule has 216 valence electrons. The highest BCUT2D eigenvalue weighted by Gasteiger charge is 2.10. The van der Waals surface area contributed by atoms with Crippen LogP contribution in [0, 0.1) is 0 Å². The summed E-state index contributed by atoms with van der Waals surface area (Å²) in [6, 6.07) is 16.0. The molecule has 2 rings (SSSR count). The van der Waals surface area contributed by atoms with E-state index < -0.39 is 0 Å². The molecule has 0 saturated carbocycles. The second kappa shape index (κ2) is 18.5. The van der Waals surface area contributed by atoms with Gasteiger partial charge in [-0.1, -0.05) is 37.4 Å². The summed E-state index contributed by atoms with van der Waals surface area (Å²) >= 11 is 9.50. The third-order valence-electron chi connectivity index (χ3n) is 5.77. The fraction of sp³-hybridized carbons (Fsp3) is 0.333. The molecule has 0 aliphatic rings. The summed E-state index contributed by atoms with van der Waals surface area (Å²) in [5.41, 5.74) is 3.84. The fourth-order valence-electron chi connectivity index (χ4n) is 3.45. The molecular formula is C30H38N2O6S2. The van der Waals surface area contributed by atoms with E-state index in [1.807, 2.05) is 72.2 Å². The summed E-state index contributed by atoms with van der Waals surface area (Å²) < 4.78 is 21.4. The molecule has 0 N–H and O–H groups in total. The minimum atomic E-state index is -0.184. The maximum atomic E-state index is 11.2. The van der Waals surface area contributed by atoms with E-state index in [9.17, 15) is 9.59 Å². The van der Waals surface area contributed by atoms with E-state index in [2.05, 4.69) is 13.2 Å². The quantitative estimate of drug-likeness (QED) is 0.0700. The van der Waals surface area contributed by atoms with Gasteiger partial charge in [0.25, 0.3) is 0 Å². The number of nitrogens with zero attached hydrogens (tertiary/aromatic N) is 2. The van der Waals surface area contributed by atoms with Crippen molar-refractivity contribution in [1.82, 2.24) is 0 Å². The first-order valence-corrected chi connectivity index (χ1v) is 13.7. The van der Waals surface area contributed by atoms with Crippen LogP contribution in [0.15, 0.2) is 73.8 Å². The number of thiol groups is 2. The van der Waals surface area contributed by atoms with Gasteiger partial charge >= 0.3 is 0 Å². The lowest BCUT2D eigenvalue weighted by atomic mass is 10.1. The molecule has 8 nitrogen and oxygen atoms in total. The van der Waals surface area contributed by atoms with Crippen molar-refractivity contribution in [2.45, 2.75) is 13.8 Å². The van der Waals surface area contributed by atoms with Gasteiger partial charge in [0, 0.05) is 34.3 Å². The van der Waals surface area contributed by atoms with E-state index in [4.69, 9.17) is 44.2 Å². The van der Waals surface area contributed by atoms with Crippen LogP contribution in [0.25, 0.3) is 9.81 Å². The first kappa shape index (κ1) is 33.3. The third-order valence-corrected chi connectivity index (χ3v) is 6.91. The summed E-state index contributed by atoms with van der Waals surface area (Å²) in [4.78, 5) is 28.0. The van der Waals surface area contributed by atoms with Crippen LogP contribution in [0.2, 0.25) is 0 Å². The zero-order valence-electron chi connectivity index (χ0n) is 23.1. The van der Waals surface area contributed by atoms with Gasteiger partial charge in [-0.3, -0.25) is 9.59 Å². The highest BCUT2D eigenvalue weighted by atomic mass is 32.1. The maximum absolute atomic E-state index is 11.2. The van der Waals surface area contributed by atoms with E-state index in [1.165, 1.54) is 12.2 Å². The number of carbonyl (C=O) groups is 2. The highest BCUT2D eigenvalue weighted by Crippen LogP contribution is 2.33. The maximum Gasteiger partial charge on any atom is 0.180 e. The Morgan fingerprint density at radius 2 is 1.02 bits per heavy atom. The predicted octanol–water partition coefficient (Wildman–Crippen LogP) is 5.43. The molecule has 40 heavy (non-hydrogen) atoms. The number of carbonyl (C=O) groups excluding carboxylic acids is 2. The molecule has 0 radical (unpaired) electrons. The number of hydrogen-bond acceptors (Lipinski definition) is 10. The van der Waals surface area contributed by atoms with Crippen LogP contribution >= 0.6 is 25.3 Å². The molecule has 0 amide bonds. The predicted molar refractivity (Wildman–Crippen MR) is 168 cm³/mol. The summed E-state index contributed by atoms with van der Waals surface area (Å²) in [7, 11) is 0. The standard InChI is InChI=1S/C30H38N2O6S2/c1-5-27(33)17-35-21-37-19-31(7-3)25-13-9-23(10-14-25)29(39)30(40)24-11-15-26(16-12-24)32(8-4)20-38-22-36-18-28(34)6-2/h5-6,9-16,39-40H,1-2,7-8,17-22H2,3-4H3. The van der Waals surface area contributed by atoms with Gasteiger partial charge in [0.1, 0.15) is 40.3 Å². The number of benzene rings is 2. The summed E-state index contributed by atoms with van der Waals surface area (Å²) in [5.74, 6) is -0.368. The Hall–Kier alpha value is -2.86. The lowest BCUT2D eigenvalue weighted by Crippen LogP contribution is -2.26. The van der Waals surface area contributed by atoms with Gasteiger partial charge in [0.05, 0.1) is 0 Å². The van der Waals surface area contributed by atoms with Gasteiger partial charge in [0.2, 0.25) is 0 Å². The Bertz CT molecular complexity index is 1050. The Labute approximate surface area is 248 Å². The van der Waals surface area contributed by atoms with Gasteiger partial charge < -0.3 is 28.7 Å². The van der Waals surface area contributed by atoms with Crippen molar-refractivity contribution in [3.63, 3.8) is 0 Å². The average molecular weight is 587 g/mol. The highest BCUT2D eigenvalue weighted by molar-refractivity contribution is 7.96. The third kappa shape index (κ3) is 11.0. The molecule has 0 spiro atoms. The molecule has 0 heterocycles. The Morgan fingerprint density at radius 3 is 1.32 bits per heavy atom. The molecule has 0 aliphatic carbocycles. The summed E-state index contributed by atoms with van der Waals surface area (Å²) in [5, 5.41) is 0. The van der Waals surface area contributed by atoms with Gasteiger partial charge in [-0.25, -0.2) is 0 Å². The largest absolute Gasteiger partial charge is 0.349 e. The topological polar surface area (TPSA) is 77.5 Å². The van der Waals surface area contributed by atoms with Crippen molar-refractivity contribution < 1.29 is 28.5 Å². The normalized spacial score (nSPS) is 11.5. The Kier molecular flexibility index (Phi) is 15.4. The molecule has 10 heteroatoms.